The van der Waals surface area contributed by atoms with Gasteiger partial charge in [-0.15, -0.1) is 0 Å². The number of rotatable bonds is 5. The van der Waals surface area contributed by atoms with Crippen LogP contribution in [0.2, 0.25) is 0 Å². The lowest BCUT2D eigenvalue weighted by atomic mass is 10.0. The summed E-state index contributed by atoms with van der Waals surface area (Å²) in [5, 5.41) is 10.6. The topological polar surface area (TPSA) is 97.5 Å². The number of allylic oxidation sites excluding steroid dienone is 1. The molecule has 140 valence electrons. The summed E-state index contributed by atoms with van der Waals surface area (Å²) in [4.78, 5) is 12.8. The lowest BCUT2D eigenvalue weighted by Gasteiger charge is -2.14. The van der Waals surface area contributed by atoms with Crippen LogP contribution in [0.3, 0.4) is 0 Å². The normalized spacial score (nSPS) is 13.4. The van der Waals surface area contributed by atoms with E-state index >= 15 is 0 Å². The lowest BCUT2D eigenvalue weighted by molar-refractivity contribution is 0.0906. The van der Waals surface area contributed by atoms with Gasteiger partial charge in [-0.05, 0) is 66.3 Å². The van der Waals surface area contributed by atoms with E-state index in [1.807, 2.05) is 6.07 Å². The highest BCUT2D eigenvalue weighted by Crippen LogP contribution is 2.28. The van der Waals surface area contributed by atoms with Gasteiger partial charge in [0.2, 0.25) is 5.71 Å². The SMILES string of the molecule is CC(C)(O)CN=C/C(=C(\N)c1ccc(F)cc1)c1ncnc2oc(I)cc12. The van der Waals surface area contributed by atoms with E-state index < -0.39 is 5.60 Å². The first-order valence-electron chi connectivity index (χ1n) is 8.13. The number of nitrogens with zero attached hydrogens (tertiary/aromatic N) is 3. The molecular weight excluding hydrogens is 462 g/mol. The number of benzene rings is 1. The molecule has 1 aromatic carbocycles. The predicted molar refractivity (Wildman–Crippen MR) is 112 cm³/mol. The van der Waals surface area contributed by atoms with Gasteiger partial charge in [-0.2, -0.15) is 0 Å². The van der Waals surface area contributed by atoms with Crippen LogP contribution in [0.4, 0.5) is 4.39 Å². The summed E-state index contributed by atoms with van der Waals surface area (Å²) in [5.74, 6) is -0.349. The summed E-state index contributed by atoms with van der Waals surface area (Å²) < 4.78 is 19.5. The van der Waals surface area contributed by atoms with Crippen LogP contribution < -0.4 is 5.73 Å². The van der Waals surface area contributed by atoms with E-state index in [0.29, 0.717) is 37.4 Å². The van der Waals surface area contributed by atoms with E-state index in [1.54, 1.807) is 32.2 Å². The molecule has 0 radical (unpaired) electrons. The number of furan rings is 1. The summed E-state index contributed by atoms with van der Waals surface area (Å²) in [6.45, 7) is 3.51. The lowest BCUT2D eigenvalue weighted by Crippen LogP contribution is -2.22. The number of nitrogens with two attached hydrogens (primary N) is 1. The van der Waals surface area contributed by atoms with Gasteiger partial charge in [0.05, 0.1) is 23.2 Å². The summed E-state index contributed by atoms with van der Waals surface area (Å²) in [5.41, 5.74) is 7.95. The molecule has 3 rings (SSSR count). The minimum Gasteiger partial charge on any atom is -0.432 e. The van der Waals surface area contributed by atoms with Crippen molar-refractivity contribution in [2.24, 2.45) is 10.7 Å². The summed E-state index contributed by atoms with van der Waals surface area (Å²) >= 11 is 2.05. The largest absolute Gasteiger partial charge is 0.432 e. The quantitative estimate of drug-likeness (QED) is 0.430. The first-order chi connectivity index (χ1) is 12.7. The van der Waals surface area contributed by atoms with Crippen LogP contribution in [0.5, 0.6) is 0 Å². The molecule has 0 atom stereocenters. The standard InChI is InChI=1S/C19H18FIN4O2/c1-19(2,26)9-23-8-14(16(22)11-3-5-12(20)6-4-11)17-13-7-15(21)27-18(13)25-10-24-17/h3-8,10,26H,9,22H2,1-2H3/b16-14+,23-8?. The van der Waals surface area contributed by atoms with Crippen LogP contribution >= 0.6 is 22.6 Å². The van der Waals surface area contributed by atoms with E-state index in [-0.39, 0.29) is 12.4 Å². The Kier molecular flexibility index (Phi) is 5.56. The molecule has 0 spiro atoms. The molecule has 2 heterocycles. The fraction of sp³-hybridized carbons (Fsp3) is 0.211. The highest BCUT2D eigenvalue weighted by atomic mass is 127. The smallest absolute Gasteiger partial charge is 0.231 e. The van der Waals surface area contributed by atoms with E-state index in [9.17, 15) is 9.50 Å². The Balaban J connectivity index is 2.17. The van der Waals surface area contributed by atoms with Crippen molar-refractivity contribution in [3.05, 3.63) is 57.5 Å². The minimum atomic E-state index is -0.960. The molecule has 2 aromatic heterocycles. The van der Waals surface area contributed by atoms with Crippen LogP contribution in [0, 0.1) is 9.58 Å². The third-order valence-electron chi connectivity index (χ3n) is 3.70. The van der Waals surface area contributed by atoms with Crippen molar-refractivity contribution in [1.29, 1.82) is 0 Å². The number of aliphatic imine (C=N–C) groups is 1. The second kappa shape index (κ2) is 7.73. The first kappa shape index (κ1) is 19.4. The number of hydrogen-bond acceptors (Lipinski definition) is 6. The molecule has 0 fully saturated rings. The van der Waals surface area contributed by atoms with Gasteiger partial charge in [0.15, 0.2) is 3.77 Å². The van der Waals surface area contributed by atoms with Crippen LogP contribution in [-0.2, 0) is 0 Å². The highest BCUT2D eigenvalue weighted by molar-refractivity contribution is 14.1. The monoisotopic (exact) mass is 480 g/mol. The summed E-state index contributed by atoms with van der Waals surface area (Å²) in [6, 6.07) is 7.67. The fourth-order valence-electron chi connectivity index (χ4n) is 2.44. The molecule has 27 heavy (non-hydrogen) atoms. The Labute approximate surface area is 169 Å². The maximum Gasteiger partial charge on any atom is 0.231 e. The maximum absolute atomic E-state index is 13.3. The van der Waals surface area contributed by atoms with Gasteiger partial charge in [-0.1, -0.05) is 0 Å². The molecule has 0 unspecified atom stereocenters. The molecular formula is C19H18FIN4O2. The third-order valence-corrected chi connectivity index (χ3v) is 4.23. The van der Waals surface area contributed by atoms with Crippen LogP contribution in [0.25, 0.3) is 22.4 Å². The van der Waals surface area contributed by atoms with Crippen molar-refractivity contribution in [2.45, 2.75) is 19.4 Å². The Morgan fingerprint density at radius 3 is 2.70 bits per heavy atom. The molecule has 0 amide bonds. The van der Waals surface area contributed by atoms with Crippen molar-refractivity contribution < 1.29 is 13.9 Å². The Morgan fingerprint density at radius 2 is 2.04 bits per heavy atom. The van der Waals surface area contributed by atoms with E-state index in [0.717, 1.165) is 0 Å². The maximum atomic E-state index is 13.3. The molecule has 8 heteroatoms. The number of aromatic nitrogens is 2. The molecule has 0 bridgehead atoms. The number of fused-ring (bicyclic) bond motifs is 1. The number of hydrogen-bond donors (Lipinski definition) is 2. The van der Waals surface area contributed by atoms with Crippen LogP contribution in [0.15, 0.2) is 46.1 Å². The molecule has 6 nitrogen and oxygen atoms in total. The number of aliphatic hydroxyl groups is 1. The third kappa shape index (κ3) is 4.69. The minimum absolute atomic E-state index is 0.185. The van der Waals surface area contributed by atoms with Gasteiger partial charge in [0, 0.05) is 23.6 Å². The van der Waals surface area contributed by atoms with Gasteiger partial charge in [0.1, 0.15) is 12.1 Å². The average molecular weight is 480 g/mol. The Morgan fingerprint density at radius 1 is 1.33 bits per heavy atom. The van der Waals surface area contributed by atoms with Gasteiger partial charge >= 0.3 is 0 Å². The molecule has 0 saturated carbocycles. The second-order valence-electron chi connectivity index (χ2n) is 6.61. The first-order valence-corrected chi connectivity index (χ1v) is 9.21. The van der Waals surface area contributed by atoms with Gasteiger partial charge < -0.3 is 15.3 Å². The predicted octanol–water partition coefficient (Wildman–Crippen LogP) is 3.64. The average Bonchev–Trinajstić information content (AvgIpc) is 2.98. The van der Waals surface area contributed by atoms with Crippen molar-refractivity contribution in [3.63, 3.8) is 0 Å². The molecule has 0 aliphatic heterocycles. The highest BCUT2D eigenvalue weighted by Gasteiger charge is 2.17. The van der Waals surface area contributed by atoms with Gasteiger partial charge in [-0.3, -0.25) is 4.99 Å². The Bertz CT molecular complexity index is 1020. The van der Waals surface area contributed by atoms with Crippen molar-refractivity contribution in [1.82, 2.24) is 9.97 Å². The molecule has 3 aromatic rings. The van der Waals surface area contributed by atoms with Crippen LogP contribution in [-0.4, -0.2) is 33.4 Å². The number of halogens is 2. The van der Waals surface area contributed by atoms with Gasteiger partial charge in [-0.25, -0.2) is 14.4 Å². The zero-order valence-electron chi connectivity index (χ0n) is 14.8. The summed E-state index contributed by atoms with van der Waals surface area (Å²) in [6.07, 6.45) is 2.96. The van der Waals surface area contributed by atoms with Crippen molar-refractivity contribution in [3.8, 4) is 0 Å². The zero-order valence-corrected chi connectivity index (χ0v) is 16.9. The fourth-order valence-corrected chi connectivity index (χ4v) is 2.96. The van der Waals surface area contributed by atoms with Gasteiger partial charge in [0.25, 0.3) is 0 Å². The van der Waals surface area contributed by atoms with E-state index in [4.69, 9.17) is 10.2 Å². The van der Waals surface area contributed by atoms with Crippen LogP contribution in [0.1, 0.15) is 25.1 Å². The molecule has 0 aliphatic rings. The summed E-state index contributed by atoms with van der Waals surface area (Å²) in [7, 11) is 0. The molecule has 3 N–H and O–H groups in total. The van der Waals surface area contributed by atoms with E-state index in [1.165, 1.54) is 18.5 Å². The zero-order chi connectivity index (χ0) is 19.6. The second-order valence-corrected chi connectivity index (χ2v) is 7.67. The van der Waals surface area contributed by atoms with Crippen molar-refractivity contribution >= 4 is 51.2 Å². The van der Waals surface area contributed by atoms with E-state index in [2.05, 4.69) is 37.6 Å². The van der Waals surface area contributed by atoms with Crippen molar-refractivity contribution in [2.75, 3.05) is 6.54 Å². The molecule has 0 saturated heterocycles. The molecule has 0 aliphatic carbocycles. The Hall–Kier alpha value is -2.33.